The van der Waals surface area contributed by atoms with Gasteiger partial charge in [0.1, 0.15) is 6.10 Å². The van der Waals surface area contributed by atoms with Gasteiger partial charge in [0, 0.05) is 35.2 Å². The maximum absolute atomic E-state index is 12.0. The average molecular weight is 362 g/mol. The first-order valence-electron chi connectivity index (χ1n) is 7.51. The van der Waals surface area contributed by atoms with Crippen molar-refractivity contribution in [3.63, 3.8) is 0 Å². The standard InChI is InChI=1S/C19H20ClNO2S/c1-23-18(16-5-3-4-6-17(16)20)13-21-19(22)12-9-14-7-10-15(24-2)11-8-14/h3-12,18H,13H2,1-2H3,(H,21,22)/b12-9+/t18-/m0/s1. The van der Waals surface area contributed by atoms with Gasteiger partial charge in [0.15, 0.2) is 0 Å². The van der Waals surface area contributed by atoms with E-state index in [-0.39, 0.29) is 12.0 Å². The van der Waals surface area contributed by atoms with Crippen LogP contribution in [-0.2, 0) is 9.53 Å². The monoisotopic (exact) mass is 361 g/mol. The molecule has 0 aliphatic carbocycles. The number of thioether (sulfide) groups is 1. The Morgan fingerprint density at radius 1 is 1.25 bits per heavy atom. The molecule has 0 fully saturated rings. The molecule has 2 aromatic carbocycles. The van der Waals surface area contributed by atoms with Gasteiger partial charge in [0.2, 0.25) is 5.91 Å². The van der Waals surface area contributed by atoms with Crippen molar-refractivity contribution in [2.24, 2.45) is 0 Å². The molecule has 126 valence electrons. The third-order valence-corrected chi connectivity index (χ3v) is 4.63. The Labute approximate surface area is 152 Å². The van der Waals surface area contributed by atoms with Gasteiger partial charge in [-0.2, -0.15) is 0 Å². The molecular weight excluding hydrogens is 342 g/mol. The SMILES string of the molecule is CO[C@@H](CNC(=O)/C=C/c1ccc(SC)cc1)c1ccccc1Cl. The molecule has 0 bridgehead atoms. The maximum Gasteiger partial charge on any atom is 0.244 e. The number of hydrogen-bond donors (Lipinski definition) is 1. The summed E-state index contributed by atoms with van der Waals surface area (Å²) in [6.45, 7) is 0.356. The number of hydrogen-bond acceptors (Lipinski definition) is 3. The fourth-order valence-electron chi connectivity index (χ4n) is 2.20. The van der Waals surface area contributed by atoms with Crippen molar-refractivity contribution in [1.29, 1.82) is 0 Å². The lowest BCUT2D eigenvalue weighted by molar-refractivity contribution is -0.117. The Kier molecular flexibility index (Phi) is 7.37. The molecule has 0 aliphatic rings. The van der Waals surface area contributed by atoms with Gasteiger partial charge in [-0.15, -0.1) is 11.8 Å². The summed E-state index contributed by atoms with van der Waals surface area (Å²) in [6.07, 6.45) is 5.06. The highest BCUT2D eigenvalue weighted by Crippen LogP contribution is 2.24. The zero-order valence-electron chi connectivity index (χ0n) is 13.7. The second-order valence-corrected chi connectivity index (χ2v) is 6.38. The fourth-order valence-corrected chi connectivity index (χ4v) is 2.86. The smallest absolute Gasteiger partial charge is 0.244 e. The number of ether oxygens (including phenoxy) is 1. The van der Waals surface area contributed by atoms with Gasteiger partial charge in [-0.05, 0) is 36.1 Å². The van der Waals surface area contributed by atoms with Crippen LogP contribution in [0.4, 0.5) is 0 Å². The van der Waals surface area contributed by atoms with Crippen LogP contribution >= 0.6 is 23.4 Å². The molecule has 1 N–H and O–H groups in total. The van der Waals surface area contributed by atoms with Gasteiger partial charge in [0.05, 0.1) is 0 Å². The van der Waals surface area contributed by atoms with Gasteiger partial charge in [-0.3, -0.25) is 4.79 Å². The predicted octanol–water partition coefficient (Wildman–Crippen LogP) is 4.58. The molecule has 0 heterocycles. The van der Waals surface area contributed by atoms with Crippen LogP contribution in [0, 0.1) is 0 Å². The zero-order chi connectivity index (χ0) is 17.4. The lowest BCUT2D eigenvalue weighted by Crippen LogP contribution is -2.27. The van der Waals surface area contributed by atoms with Gasteiger partial charge in [-0.25, -0.2) is 0 Å². The predicted molar refractivity (Wildman–Crippen MR) is 101 cm³/mol. The van der Waals surface area contributed by atoms with Crippen molar-refractivity contribution in [3.05, 3.63) is 70.8 Å². The molecule has 2 rings (SSSR count). The largest absolute Gasteiger partial charge is 0.375 e. The van der Waals surface area contributed by atoms with Crippen LogP contribution in [0.2, 0.25) is 5.02 Å². The first-order chi connectivity index (χ1) is 11.6. The van der Waals surface area contributed by atoms with E-state index in [1.54, 1.807) is 24.9 Å². The Hall–Kier alpha value is -1.75. The zero-order valence-corrected chi connectivity index (χ0v) is 15.2. The minimum atomic E-state index is -0.281. The summed E-state index contributed by atoms with van der Waals surface area (Å²) in [5, 5.41) is 3.47. The molecule has 0 aliphatic heterocycles. The van der Waals surface area contributed by atoms with Crippen LogP contribution in [0.25, 0.3) is 6.08 Å². The van der Waals surface area contributed by atoms with Crippen molar-refractivity contribution in [3.8, 4) is 0 Å². The number of nitrogens with one attached hydrogen (secondary N) is 1. The first-order valence-corrected chi connectivity index (χ1v) is 9.11. The van der Waals surface area contributed by atoms with Crippen LogP contribution < -0.4 is 5.32 Å². The molecule has 0 saturated heterocycles. The highest BCUT2D eigenvalue weighted by atomic mass is 35.5. The van der Waals surface area contributed by atoms with Crippen LogP contribution in [0.1, 0.15) is 17.2 Å². The Bertz CT molecular complexity index is 701. The molecule has 24 heavy (non-hydrogen) atoms. The summed E-state index contributed by atoms with van der Waals surface area (Å²) >= 11 is 7.86. The minimum absolute atomic E-state index is 0.168. The molecule has 0 unspecified atom stereocenters. The second-order valence-electron chi connectivity index (χ2n) is 5.10. The number of halogens is 1. The summed E-state index contributed by atoms with van der Waals surface area (Å²) in [5.41, 5.74) is 1.84. The molecule has 1 amide bonds. The summed E-state index contributed by atoms with van der Waals surface area (Å²) < 4.78 is 5.43. The Morgan fingerprint density at radius 2 is 1.96 bits per heavy atom. The van der Waals surface area contributed by atoms with E-state index >= 15 is 0 Å². The minimum Gasteiger partial charge on any atom is -0.375 e. The van der Waals surface area contributed by atoms with E-state index in [9.17, 15) is 4.79 Å². The first kappa shape index (κ1) is 18.6. The quantitative estimate of drug-likeness (QED) is 0.579. The van der Waals surface area contributed by atoms with Crippen molar-refractivity contribution in [1.82, 2.24) is 5.32 Å². The average Bonchev–Trinajstić information content (AvgIpc) is 2.62. The number of amides is 1. The molecular formula is C19H20ClNO2S. The van der Waals surface area contributed by atoms with E-state index in [1.165, 1.54) is 11.0 Å². The molecule has 3 nitrogen and oxygen atoms in total. The van der Waals surface area contributed by atoms with Crippen LogP contribution in [0.3, 0.4) is 0 Å². The normalized spacial score (nSPS) is 12.3. The van der Waals surface area contributed by atoms with Gasteiger partial charge in [-0.1, -0.05) is 41.9 Å². The third kappa shape index (κ3) is 5.41. The summed E-state index contributed by atoms with van der Waals surface area (Å²) in [7, 11) is 1.60. The number of rotatable bonds is 7. The number of benzene rings is 2. The van der Waals surface area contributed by atoms with E-state index in [4.69, 9.17) is 16.3 Å². The topological polar surface area (TPSA) is 38.3 Å². The highest BCUT2D eigenvalue weighted by molar-refractivity contribution is 7.98. The summed E-state index contributed by atoms with van der Waals surface area (Å²) in [4.78, 5) is 13.2. The summed E-state index contributed by atoms with van der Waals surface area (Å²) in [6, 6.07) is 15.5. The van der Waals surface area contributed by atoms with E-state index in [0.29, 0.717) is 11.6 Å². The van der Waals surface area contributed by atoms with E-state index in [0.717, 1.165) is 11.1 Å². The van der Waals surface area contributed by atoms with E-state index in [2.05, 4.69) is 5.32 Å². The highest BCUT2D eigenvalue weighted by Gasteiger charge is 2.14. The second kappa shape index (κ2) is 9.52. The fraction of sp³-hybridized carbons (Fsp3) is 0.211. The van der Waals surface area contributed by atoms with Gasteiger partial charge in [0.25, 0.3) is 0 Å². The number of methoxy groups -OCH3 is 1. The van der Waals surface area contributed by atoms with Crippen molar-refractivity contribution in [2.45, 2.75) is 11.0 Å². The molecule has 0 aromatic heterocycles. The van der Waals surface area contributed by atoms with Crippen LogP contribution in [0.5, 0.6) is 0 Å². The maximum atomic E-state index is 12.0. The Balaban J connectivity index is 1.91. The van der Waals surface area contributed by atoms with Gasteiger partial charge < -0.3 is 10.1 Å². The van der Waals surface area contributed by atoms with Crippen LogP contribution in [-0.4, -0.2) is 25.8 Å². The number of carbonyl (C=O) groups is 1. The lowest BCUT2D eigenvalue weighted by Gasteiger charge is -2.17. The molecule has 0 radical (unpaired) electrons. The van der Waals surface area contributed by atoms with Crippen LogP contribution in [0.15, 0.2) is 59.5 Å². The summed E-state index contributed by atoms with van der Waals surface area (Å²) in [5.74, 6) is -0.168. The Morgan fingerprint density at radius 3 is 2.58 bits per heavy atom. The van der Waals surface area contributed by atoms with E-state index < -0.39 is 0 Å². The van der Waals surface area contributed by atoms with Crippen molar-refractivity contribution >= 4 is 35.3 Å². The van der Waals surface area contributed by atoms with Crippen molar-refractivity contribution < 1.29 is 9.53 Å². The van der Waals surface area contributed by atoms with Crippen molar-refractivity contribution in [2.75, 3.05) is 19.9 Å². The number of carbonyl (C=O) groups excluding carboxylic acids is 1. The third-order valence-electron chi connectivity index (χ3n) is 3.54. The van der Waals surface area contributed by atoms with Gasteiger partial charge >= 0.3 is 0 Å². The molecule has 2 aromatic rings. The lowest BCUT2D eigenvalue weighted by atomic mass is 10.1. The molecule has 0 saturated carbocycles. The van der Waals surface area contributed by atoms with E-state index in [1.807, 2.05) is 54.8 Å². The molecule has 5 heteroatoms. The molecule has 1 atom stereocenters. The molecule has 0 spiro atoms.